The van der Waals surface area contributed by atoms with Gasteiger partial charge in [0.25, 0.3) is 0 Å². The van der Waals surface area contributed by atoms with Crippen LogP contribution in [0.4, 0.5) is 17.1 Å². The van der Waals surface area contributed by atoms with Crippen molar-refractivity contribution in [2.75, 3.05) is 18.0 Å². The van der Waals surface area contributed by atoms with Gasteiger partial charge < -0.3 is 4.90 Å². The lowest BCUT2D eigenvalue weighted by molar-refractivity contribution is 0.866. The normalized spacial score (nSPS) is 11.7. The summed E-state index contributed by atoms with van der Waals surface area (Å²) in [5.41, 5.74) is 4.17. The van der Waals surface area contributed by atoms with E-state index in [1.54, 1.807) is 0 Å². The smallest absolute Gasteiger partial charge is 0.0935 e. The first-order valence-corrected chi connectivity index (χ1v) is 9.18. The minimum Gasteiger partial charge on any atom is -0.372 e. The number of benzene rings is 3. The maximum Gasteiger partial charge on any atom is 0.0935 e. The lowest BCUT2D eigenvalue weighted by Crippen LogP contribution is -2.21. The number of hydrogen-bond acceptors (Lipinski definition) is 3. The van der Waals surface area contributed by atoms with E-state index >= 15 is 0 Å². The molecule has 0 aliphatic heterocycles. The van der Waals surface area contributed by atoms with Gasteiger partial charge in [-0.25, -0.2) is 0 Å². The van der Waals surface area contributed by atoms with Gasteiger partial charge in [-0.3, -0.25) is 0 Å². The van der Waals surface area contributed by atoms with E-state index in [4.69, 9.17) is 0 Å². The summed E-state index contributed by atoms with van der Waals surface area (Å²) in [4.78, 5) is 2.31. The van der Waals surface area contributed by atoms with Crippen LogP contribution >= 0.6 is 0 Å². The number of hydrogen-bond donors (Lipinski definition) is 0. The van der Waals surface area contributed by atoms with Crippen molar-refractivity contribution in [2.45, 2.75) is 20.8 Å². The van der Waals surface area contributed by atoms with Crippen LogP contribution < -0.4 is 4.90 Å². The van der Waals surface area contributed by atoms with Crippen molar-refractivity contribution in [3.63, 3.8) is 0 Å². The molecule has 0 bridgehead atoms. The summed E-state index contributed by atoms with van der Waals surface area (Å²) in [6.07, 6.45) is 4.18. The third-order valence-corrected chi connectivity index (χ3v) is 4.53. The van der Waals surface area contributed by atoms with Crippen LogP contribution in [0.2, 0.25) is 0 Å². The van der Waals surface area contributed by atoms with Crippen molar-refractivity contribution < 1.29 is 0 Å². The van der Waals surface area contributed by atoms with E-state index in [2.05, 4.69) is 77.5 Å². The summed E-state index contributed by atoms with van der Waals surface area (Å²) in [5, 5.41) is 11.3. The summed E-state index contributed by atoms with van der Waals surface area (Å²) in [7, 11) is 0. The maximum absolute atomic E-state index is 4.51. The Morgan fingerprint density at radius 3 is 2.15 bits per heavy atom. The monoisotopic (exact) mass is 343 g/mol. The molecule has 26 heavy (non-hydrogen) atoms. The number of anilines is 1. The van der Waals surface area contributed by atoms with Crippen LogP contribution in [-0.4, -0.2) is 13.1 Å². The second kappa shape index (κ2) is 8.43. The quantitative estimate of drug-likeness (QED) is 0.437. The van der Waals surface area contributed by atoms with Crippen molar-refractivity contribution >= 4 is 33.9 Å². The molecule has 0 N–H and O–H groups in total. The predicted molar refractivity (Wildman–Crippen MR) is 113 cm³/mol. The fraction of sp³-hybridized carbons (Fsp3) is 0.217. The van der Waals surface area contributed by atoms with E-state index in [0.717, 1.165) is 29.9 Å². The Hall–Kier alpha value is -2.94. The highest BCUT2D eigenvalue weighted by atomic mass is 15.1. The van der Waals surface area contributed by atoms with Gasteiger partial charge in [0.05, 0.1) is 11.4 Å². The molecule has 0 aromatic heterocycles. The van der Waals surface area contributed by atoms with Crippen LogP contribution in [0.5, 0.6) is 0 Å². The molecule has 0 amide bonds. The number of rotatable bonds is 6. The molecule has 0 fully saturated rings. The van der Waals surface area contributed by atoms with Crippen LogP contribution in [0.1, 0.15) is 26.3 Å². The van der Waals surface area contributed by atoms with E-state index < -0.39 is 0 Å². The molecule has 0 spiro atoms. The number of fused-ring (bicyclic) bond motifs is 1. The molecule has 0 heterocycles. The number of azo groups is 1. The van der Waals surface area contributed by atoms with Gasteiger partial charge in [0.15, 0.2) is 0 Å². The van der Waals surface area contributed by atoms with E-state index in [1.165, 1.54) is 16.6 Å². The average molecular weight is 343 g/mol. The molecule has 3 nitrogen and oxygen atoms in total. The highest BCUT2D eigenvalue weighted by Crippen LogP contribution is 2.31. The first-order valence-electron chi connectivity index (χ1n) is 9.18. The average Bonchev–Trinajstić information content (AvgIpc) is 2.69. The lowest BCUT2D eigenvalue weighted by Gasteiger charge is -2.20. The molecule has 0 aliphatic rings. The highest BCUT2D eigenvalue weighted by Gasteiger charge is 2.04. The molecule has 3 aromatic rings. The Bertz CT molecular complexity index is 920. The van der Waals surface area contributed by atoms with Crippen LogP contribution in [-0.2, 0) is 0 Å². The molecule has 0 saturated carbocycles. The Balaban J connectivity index is 1.90. The molecule has 0 aliphatic carbocycles. The van der Waals surface area contributed by atoms with Crippen LogP contribution in [0.25, 0.3) is 16.8 Å². The molecule has 3 rings (SSSR count). The molecule has 0 unspecified atom stereocenters. The predicted octanol–water partition coefficient (Wildman–Crippen LogP) is 7.13. The fourth-order valence-corrected chi connectivity index (χ4v) is 3.15. The summed E-state index contributed by atoms with van der Waals surface area (Å²) >= 11 is 0. The van der Waals surface area contributed by atoms with E-state index in [-0.39, 0.29) is 0 Å². The molecule has 3 heteroatoms. The van der Waals surface area contributed by atoms with Gasteiger partial charge >= 0.3 is 0 Å². The second-order valence-electron chi connectivity index (χ2n) is 6.11. The van der Waals surface area contributed by atoms with Crippen molar-refractivity contribution in [3.05, 3.63) is 72.3 Å². The molecule has 0 radical (unpaired) electrons. The molecule has 3 aromatic carbocycles. The Kier molecular flexibility index (Phi) is 5.80. The minimum absolute atomic E-state index is 0.863. The zero-order valence-electron chi connectivity index (χ0n) is 15.7. The minimum atomic E-state index is 0.863. The number of nitrogens with zero attached hydrogens (tertiary/aromatic N) is 3. The van der Waals surface area contributed by atoms with Crippen LogP contribution in [0.3, 0.4) is 0 Å². The second-order valence-corrected chi connectivity index (χ2v) is 6.11. The van der Waals surface area contributed by atoms with Gasteiger partial charge in [0.1, 0.15) is 0 Å². The zero-order valence-corrected chi connectivity index (χ0v) is 15.7. The topological polar surface area (TPSA) is 28.0 Å². The maximum atomic E-state index is 4.51. The Morgan fingerprint density at radius 1 is 0.808 bits per heavy atom. The van der Waals surface area contributed by atoms with E-state index in [9.17, 15) is 0 Å². The zero-order chi connectivity index (χ0) is 18.4. The molecular formula is C23H25N3. The van der Waals surface area contributed by atoms with E-state index in [1.807, 2.05) is 31.2 Å². The van der Waals surface area contributed by atoms with Gasteiger partial charge in [0.2, 0.25) is 0 Å². The van der Waals surface area contributed by atoms with Crippen molar-refractivity contribution in [3.8, 4) is 0 Å². The van der Waals surface area contributed by atoms with Crippen molar-refractivity contribution in [1.82, 2.24) is 0 Å². The van der Waals surface area contributed by atoms with Crippen molar-refractivity contribution in [2.24, 2.45) is 10.2 Å². The largest absolute Gasteiger partial charge is 0.372 e. The molecule has 0 saturated heterocycles. The molecule has 132 valence electrons. The summed E-state index contributed by atoms with van der Waals surface area (Å²) < 4.78 is 0. The molecule has 0 atom stereocenters. The highest BCUT2D eigenvalue weighted by molar-refractivity contribution is 5.98. The number of allylic oxidation sites excluding steroid dienone is 1. The molecular weight excluding hydrogens is 318 g/mol. The first kappa shape index (κ1) is 17.9. The lowest BCUT2D eigenvalue weighted by atomic mass is 10.0. The fourth-order valence-electron chi connectivity index (χ4n) is 3.15. The Morgan fingerprint density at radius 2 is 1.50 bits per heavy atom. The summed E-state index contributed by atoms with van der Waals surface area (Å²) in [5.74, 6) is 0. The van der Waals surface area contributed by atoms with Gasteiger partial charge in [-0.15, -0.1) is 5.11 Å². The van der Waals surface area contributed by atoms with Gasteiger partial charge in [-0.05, 0) is 62.1 Å². The van der Waals surface area contributed by atoms with Gasteiger partial charge in [-0.1, -0.05) is 42.5 Å². The first-order chi connectivity index (χ1) is 12.8. The van der Waals surface area contributed by atoms with Gasteiger partial charge in [-0.2, -0.15) is 5.11 Å². The SMILES string of the molecule is CC=Cc1ccc(N=Nc2ccc(N(CC)CC)cc2)c2ccccc12. The van der Waals surface area contributed by atoms with E-state index in [0.29, 0.717) is 0 Å². The van der Waals surface area contributed by atoms with Crippen LogP contribution in [0.15, 0.2) is 77.0 Å². The van der Waals surface area contributed by atoms with Crippen molar-refractivity contribution in [1.29, 1.82) is 0 Å². The third-order valence-electron chi connectivity index (χ3n) is 4.53. The Labute approximate surface area is 155 Å². The standard InChI is InChI=1S/C23H25N3/c1-4-9-18-12-17-23(22-11-8-7-10-21(18)22)25-24-19-13-15-20(16-14-19)26(5-2)6-3/h4,7-17H,5-6H2,1-3H3. The summed E-state index contributed by atoms with van der Waals surface area (Å²) in [6.45, 7) is 8.37. The van der Waals surface area contributed by atoms with Gasteiger partial charge in [0, 0.05) is 24.2 Å². The third kappa shape index (κ3) is 3.83. The van der Waals surface area contributed by atoms with Crippen LogP contribution in [0, 0.1) is 0 Å². The summed E-state index contributed by atoms with van der Waals surface area (Å²) in [6, 6.07) is 20.7.